The van der Waals surface area contributed by atoms with Gasteiger partial charge in [-0.3, -0.25) is 9.59 Å². The third kappa shape index (κ3) is 7.57. The minimum absolute atomic E-state index is 0.233. The minimum Gasteiger partial charge on any atom is -0.477 e. The number of aliphatic hydroxyl groups is 1. The molecule has 3 heterocycles. The van der Waals surface area contributed by atoms with Gasteiger partial charge in [-0.05, 0) is 35.0 Å². The van der Waals surface area contributed by atoms with E-state index in [-0.39, 0.29) is 17.7 Å². The van der Waals surface area contributed by atoms with E-state index < -0.39 is 29.2 Å². The maximum atomic E-state index is 11.2. The summed E-state index contributed by atoms with van der Waals surface area (Å²) in [7, 11) is 0. The van der Waals surface area contributed by atoms with Crippen LogP contribution < -0.4 is 22.2 Å². The first-order valence-electron chi connectivity index (χ1n) is 11.6. The van der Waals surface area contributed by atoms with Gasteiger partial charge in [-0.2, -0.15) is 0 Å². The van der Waals surface area contributed by atoms with Gasteiger partial charge in [0.2, 0.25) is 0 Å². The molecule has 0 aliphatic carbocycles. The van der Waals surface area contributed by atoms with Crippen LogP contribution >= 0.6 is 0 Å². The Bertz CT molecular complexity index is 1420. The number of benzene rings is 2. The molecule has 2 aromatic carbocycles. The Kier molecular flexibility index (Phi) is 9.85. The monoisotopic (exact) mass is 524 g/mol. The Balaban J connectivity index is 0.000000161. The molecule has 12 nitrogen and oxygen atoms in total. The van der Waals surface area contributed by atoms with E-state index >= 15 is 0 Å². The van der Waals surface area contributed by atoms with Gasteiger partial charge < -0.3 is 41.1 Å². The number of para-hydroxylation sites is 2. The number of pyridine rings is 2. The maximum Gasteiger partial charge on any atom is 0.341 e. The third-order valence-electron chi connectivity index (χ3n) is 5.51. The van der Waals surface area contributed by atoms with E-state index in [1.807, 2.05) is 0 Å². The molecule has 0 amide bonds. The Morgan fingerprint density at radius 2 is 1.32 bits per heavy atom. The number of ether oxygens (including phenoxy) is 1. The van der Waals surface area contributed by atoms with Crippen LogP contribution in [0.4, 0.5) is 0 Å². The smallest absolute Gasteiger partial charge is 0.341 e. The summed E-state index contributed by atoms with van der Waals surface area (Å²) >= 11 is 0. The van der Waals surface area contributed by atoms with Gasteiger partial charge in [0.15, 0.2) is 0 Å². The molecule has 1 fully saturated rings. The molecule has 200 valence electrons. The van der Waals surface area contributed by atoms with Crippen LogP contribution in [0.25, 0.3) is 21.8 Å². The van der Waals surface area contributed by atoms with E-state index in [9.17, 15) is 19.2 Å². The van der Waals surface area contributed by atoms with Gasteiger partial charge in [-0.15, -0.1) is 0 Å². The molecule has 1 saturated heterocycles. The fraction of sp³-hybridized carbons (Fsp3) is 0.231. The predicted octanol–water partition coefficient (Wildman–Crippen LogP) is 0.747. The summed E-state index contributed by atoms with van der Waals surface area (Å²) in [6.45, 7) is 2.44. The number of carboxylic acid groups (broad SMARTS) is 2. The number of aromatic carboxylic acids is 2. The molecule has 1 aliphatic heterocycles. The van der Waals surface area contributed by atoms with E-state index in [4.69, 9.17) is 25.8 Å². The van der Waals surface area contributed by atoms with Crippen LogP contribution in [0.3, 0.4) is 0 Å². The Morgan fingerprint density at radius 3 is 1.68 bits per heavy atom. The molecule has 5 rings (SSSR count). The van der Waals surface area contributed by atoms with Crippen molar-refractivity contribution in [1.29, 1.82) is 0 Å². The number of carboxylic acids is 2. The number of aromatic nitrogens is 2. The molecular weight excluding hydrogens is 496 g/mol. The van der Waals surface area contributed by atoms with Crippen LogP contribution in [0.2, 0.25) is 0 Å². The average molecular weight is 525 g/mol. The van der Waals surface area contributed by atoms with Gasteiger partial charge in [0.25, 0.3) is 11.1 Å². The number of H-pyrrole nitrogens is 2. The summed E-state index contributed by atoms with van der Waals surface area (Å²) in [4.78, 5) is 48.8. The SMILES string of the molecule is NCC(O)COC1CNC1.O=C(O)c1cc2ccccc2[nH]c1=O.O=C(O)c1cc2ccccc2[nH]c1=O. The number of hydrogen-bond acceptors (Lipinski definition) is 8. The summed E-state index contributed by atoms with van der Waals surface area (Å²) in [6.07, 6.45) is -0.207. The van der Waals surface area contributed by atoms with E-state index in [1.54, 1.807) is 48.5 Å². The highest BCUT2D eigenvalue weighted by Gasteiger charge is 2.17. The highest BCUT2D eigenvalue weighted by molar-refractivity contribution is 5.93. The molecule has 0 saturated carbocycles. The number of aliphatic hydroxyl groups excluding tert-OH is 1. The maximum absolute atomic E-state index is 11.2. The van der Waals surface area contributed by atoms with Crippen molar-refractivity contribution in [3.8, 4) is 0 Å². The molecule has 0 spiro atoms. The summed E-state index contributed by atoms with van der Waals surface area (Å²) < 4.78 is 5.24. The quantitative estimate of drug-likeness (QED) is 0.188. The van der Waals surface area contributed by atoms with Gasteiger partial charge in [-0.25, -0.2) is 9.59 Å². The van der Waals surface area contributed by atoms with Gasteiger partial charge >= 0.3 is 11.9 Å². The minimum atomic E-state index is -1.21. The Morgan fingerprint density at radius 1 is 0.868 bits per heavy atom. The molecular formula is C26H28N4O8. The number of nitrogens with one attached hydrogen (secondary N) is 3. The van der Waals surface area contributed by atoms with E-state index in [2.05, 4.69) is 15.3 Å². The first-order chi connectivity index (χ1) is 18.2. The number of aromatic amines is 2. The number of rotatable bonds is 6. The van der Waals surface area contributed by atoms with Gasteiger partial charge in [0, 0.05) is 30.7 Å². The molecule has 1 aliphatic rings. The molecule has 1 atom stereocenters. The van der Waals surface area contributed by atoms with Crippen molar-refractivity contribution in [1.82, 2.24) is 15.3 Å². The van der Waals surface area contributed by atoms with Crippen molar-refractivity contribution in [2.45, 2.75) is 12.2 Å². The van der Waals surface area contributed by atoms with Crippen molar-refractivity contribution in [3.05, 3.63) is 92.5 Å². The molecule has 0 bridgehead atoms. The lowest BCUT2D eigenvalue weighted by Gasteiger charge is -2.27. The third-order valence-corrected chi connectivity index (χ3v) is 5.51. The molecule has 1 unspecified atom stereocenters. The van der Waals surface area contributed by atoms with Crippen molar-refractivity contribution in [2.24, 2.45) is 5.73 Å². The molecule has 2 aromatic heterocycles. The standard InChI is InChI=1S/2C10H7NO3.C6H14N2O2/c2*12-9-7(10(13)14)5-6-3-1-2-4-8(6)11-9;7-1-5(9)4-10-6-2-8-3-6/h2*1-5H,(H,11,12)(H,13,14);5-6,8-9H,1-4,7H2. The highest BCUT2D eigenvalue weighted by Crippen LogP contribution is 2.10. The van der Waals surface area contributed by atoms with Crippen molar-refractivity contribution in [2.75, 3.05) is 26.2 Å². The van der Waals surface area contributed by atoms with Crippen LogP contribution in [0.1, 0.15) is 20.7 Å². The van der Waals surface area contributed by atoms with Gasteiger partial charge in [0.1, 0.15) is 11.1 Å². The second kappa shape index (κ2) is 13.3. The van der Waals surface area contributed by atoms with Crippen LogP contribution in [0.5, 0.6) is 0 Å². The summed E-state index contributed by atoms with van der Waals surface area (Å²) in [6, 6.07) is 16.8. The summed E-state index contributed by atoms with van der Waals surface area (Å²) in [5, 5.41) is 30.9. The van der Waals surface area contributed by atoms with Crippen molar-refractivity contribution < 1.29 is 29.6 Å². The second-order valence-electron chi connectivity index (χ2n) is 8.31. The first-order valence-corrected chi connectivity index (χ1v) is 11.6. The molecule has 12 heteroatoms. The van der Waals surface area contributed by atoms with Crippen LogP contribution in [-0.4, -0.2) is 75.7 Å². The fourth-order valence-electron chi connectivity index (χ4n) is 3.31. The summed E-state index contributed by atoms with van der Waals surface area (Å²) in [5.41, 5.74) is 4.84. The number of hydrogen-bond donors (Lipinski definition) is 7. The normalized spacial score (nSPS) is 13.4. The zero-order valence-corrected chi connectivity index (χ0v) is 20.2. The average Bonchev–Trinajstić information content (AvgIpc) is 2.87. The van der Waals surface area contributed by atoms with Crippen molar-refractivity contribution >= 4 is 33.7 Å². The van der Waals surface area contributed by atoms with Crippen LogP contribution in [-0.2, 0) is 4.74 Å². The lowest BCUT2D eigenvalue weighted by atomic mass is 10.1. The lowest BCUT2D eigenvalue weighted by molar-refractivity contribution is -0.0271. The zero-order valence-electron chi connectivity index (χ0n) is 20.2. The molecule has 8 N–H and O–H groups in total. The molecule has 38 heavy (non-hydrogen) atoms. The zero-order chi connectivity index (χ0) is 27.7. The largest absolute Gasteiger partial charge is 0.477 e. The number of nitrogens with two attached hydrogens (primary N) is 1. The van der Waals surface area contributed by atoms with Crippen molar-refractivity contribution in [3.63, 3.8) is 0 Å². The Hall–Kier alpha value is -4.36. The lowest BCUT2D eigenvalue weighted by Crippen LogP contribution is -2.49. The fourth-order valence-corrected chi connectivity index (χ4v) is 3.31. The number of fused-ring (bicyclic) bond motifs is 2. The molecule has 4 aromatic rings. The topological polar surface area (TPSA) is 208 Å². The first kappa shape index (κ1) is 28.2. The Labute approximate surface area is 215 Å². The van der Waals surface area contributed by atoms with E-state index in [0.29, 0.717) is 34.5 Å². The van der Waals surface area contributed by atoms with Crippen LogP contribution in [0.15, 0.2) is 70.3 Å². The predicted molar refractivity (Wildman–Crippen MR) is 141 cm³/mol. The molecule has 0 radical (unpaired) electrons. The summed E-state index contributed by atoms with van der Waals surface area (Å²) in [5.74, 6) is -2.42. The van der Waals surface area contributed by atoms with Crippen LogP contribution in [0, 0.1) is 0 Å². The second-order valence-corrected chi connectivity index (χ2v) is 8.31. The highest BCUT2D eigenvalue weighted by atomic mass is 16.5. The van der Waals surface area contributed by atoms with E-state index in [0.717, 1.165) is 13.1 Å². The van der Waals surface area contributed by atoms with Gasteiger partial charge in [-0.1, -0.05) is 36.4 Å². The van der Waals surface area contributed by atoms with E-state index in [1.165, 1.54) is 12.1 Å². The van der Waals surface area contributed by atoms with Gasteiger partial charge in [0.05, 0.1) is 18.8 Å². The number of carbonyl (C=O) groups is 2.